The lowest BCUT2D eigenvalue weighted by atomic mass is 10.2. The van der Waals surface area contributed by atoms with Crippen LogP contribution in [0.15, 0.2) is 18.2 Å². The van der Waals surface area contributed by atoms with Gasteiger partial charge in [-0.25, -0.2) is 8.78 Å². The molecule has 0 atom stereocenters. The van der Waals surface area contributed by atoms with Gasteiger partial charge in [0.25, 0.3) is 0 Å². The van der Waals surface area contributed by atoms with Crippen LogP contribution >= 0.6 is 0 Å². The van der Waals surface area contributed by atoms with E-state index in [1.54, 1.807) is 0 Å². The second kappa shape index (κ2) is 5.93. The summed E-state index contributed by atoms with van der Waals surface area (Å²) in [5.74, 6) is -3.45. The first kappa shape index (κ1) is 13.1. The van der Waals surface area contributed by atoms with E-state index in [9.17, 15) is 18.4 Å². The smallest absolute Gasteiger partial charge is 0.303 e. The molecule has 0 aliphatic heterocycles. The zero-order valence-corrected chi connectivity index (χ0v) is 8.87. The van der Waals surface area contributed by atoms with Crippen LogP contribution in [0, 0.1) is 11.6 Å². The molecule has 0 fully saturated rings. The molecule has 1 rings (SSSR count). The van der Waals surface area contributed by atoms with Crippen LogP contribution in [0.4, 0.5) is 14.5 Å². The number of hydrogen-bond acceptors (Lipinski definition) is 2. The Bertz CT molecular complexity index is 435. The molecule has 0 bridgehead atoms. The highest BCUT2D eigenvalue weighted by atomic mass is 19.2. The van der Waals surface area contributed by atoms with Crippen molar-refractivity contribution in [2.45, 2.75) is 19.3 Å². The predicted molar refractivity (Wildman–Crippen MR) is 56.5 cm³/mol. The van der Waals surface area contributed by atoms with Crippen molar-refractivity contribution < 1.29 is 23.5 Å². The van der Waals surface area contributed by atoms with Crippen LogP contribution in [-0.2, 0) is 9.59 Å². The Morgan fingerprint density at radius 2 is 1.88 bits per heavy atom. The molecule has 1 aromatic rings. The zero-order chi connectivity index (χ0) is 12.8. The summed E-state index contributed by atoms with van der Waals surface area (Å²) in [6, 6.07) is 3.00. The summed E-state index contributed by atoms with van der Waals surface area (Å²) in [7, 11) is 0. The first-order valence-electron chi connectivity index (χ1n) is 4.95. The number of carbonyl (C=O) groups excluding carboxylic acids is 1. The molecule has 0 radical (unpaired) electrons. The van der Waals surface area contributed by atoms with Gasteiger partial charge in [0.2, 0.25) is 5.91 Å². The summed E-state index contributed by atoms with van der Waals surface area (Å²) < 4.78 is 25.4. The zero-order valence-electron chi connectivity index (χ0n) is 8.87. The van der Waals surface area contributed by atoms with Gasteiger partial charge in [0, 0.05) is 24.6 Å². The molecule has 1 amide bonds. The van der Waals surface area contributed by atoms with Crippen molar-refractivity contribution in [3.05, 3.63) is 29.8 Å². The fourth-order valence-corrected chi connectivity index (χ4v) is 1.20. The van der Waals surface area contributed by atoms with Crippen molar-refractivity contribution in [3.63, 3.8) is 0 Å². The highest BCUT2D eigenvalue weighted by Crippen LogP contribution is 2.13. The van der Waals surface area contributed by atoms with Crippen LogP contribution in [0.1, 0.15) is 19.3 Å². The van der Waals surface area contributed by atoms with Crippen LogP contribution < -0.4 is 5.32 Å². The van der Waals surface area contributed by atoms with E-state index in [1.807, 2.05) is 0 Å². The molecule has 0 aromatic heterocycles. The second-order valence-corrected chi connectivity index (χ2v) is 3.42. The molecule has 4 nitrogen and oxygen atoms in total. The number of aliphatic carboxylic acids is 1. The van der Waals surface area contributed by atoms with E-state index in [0.29, 0.717) is 0 Å². The van der Waals surface area contributed by atoms with Crippen LogP contribution in [0.3, 0.4) is 0 Å². The number of nitrogens with one attached hydrogen (secondary N) is 1. The number of halogens is 2. The molecule has 0 spiro atoms. The summed E-state index contributed by atoms with van der Waals surface area (Å²) in [6.07, 6.45) is 0.112. The van der Waals surface area contributed by atoms with E-state index in [0.717, 1.165) is 12.1 Å². The number of hydrogen-bond donors (Lipinski definition) is 2. The first-order chi connectivity index (χ1) is 7.99. The Labute approximate surface area is 96.3 Å². The molecule has 17 heavy (non-hydrogen) atoms. The van der Waals surface area contributed by atoms with E-state index >= 15 is 0 Å². The Hall–Kier alpha value is -1.98. The van der Waals surface area contributed by atoms with Crippen LogP contribution in [0.5, 0.6) is 0 Å². The molecule has 0 saturated carbocycles. The summed E-state index contributed by atoms with van der Waals surface area (Å²) in [5, 5.41) is 10.7. The normalized spacial score (nSPS) is 10.0. The van der Waals surface area contributed by atoms with E-state index in [4.69, 9.17) is 5.11 Å². The maximum atomic E-state index is 12.8. The van der Waals surface area contributed by atoms with E-state index < -0.39 is 23.5 Å². The predicted octanol–water partition coefficient (Wildman–Crippen LogP) is 2.16. The lowest BCUT2D eigenvalue weighted by Crippen LogP contribution is -2.12. The van der Waals surface area contributed by atoms with Gasteiger partial charge in [0.1, 0.15) is 0 Å². The monoisotopic (exact) mass is 243 g/mol. The largest absolute Gasteiger partial charge is 0.481 e. The summed E-state index contributed by atoms with van der Waals surface area (Å²) >= 11 is 0. The highest BCUT2D eigenvalue weighted by molar-refractivity contribution is 5.90. The lowest BCUT2D eigenvalue weighted by molar-refractivity contribution is -0.137. The molecule has 0 unspecified atom stereocenters. The summed E-state index contributed by atoms with van der Waals surface area (Å²) in [4.78, 5) is 21.5. The highest BCUT2D eigenvalue weighted by Gasteiger charge is 2.07. The number of carbonyl (C=O) groups is 2. The van der Waals surface area contributed by atoms with Gasteiger partial charge in [-0.05, 0) is 18.6 Å². The number of amides is 1. The summed E-state index contributed by atoms with van der Waals surface area (Å²) in [5.41, 5.74) is 0.143. The van der Waals surface area contributed by atoms with E-state index in [-0.39, 0.29) is 24.9 Å². The molecule has 0 heterocycles. The van der Waals surface area contributed by atoms with Crippen LogP contribution in [0.25, 0.3) is 0 Å². The average molecular weight is 243 g/mol. The molecule has 92 valence electrons. The first-order valence-corrected chi connectivity index (χ1v) is 4.95. The Kier molecular flexibility index (Phi) is 4.56. The molecular formula is C11H11F2NO3. The molecule has 1 aromatic carbocycles. The van der Waals surface area contributed by atoms with Gasteiger partial charge < -0.3 is 10.4 Å². The maximum absolute atomic E-state index is 12.8. The SMILES string of the molecule is O=C(O)CCCC(=O)Nc1ccc(F)c(F)c1. The fourth-order valence-electron chi connectivity index (χ4n) is 1.20. The Balaban J connectivity index is 2.45. The van der Waals surface area contributed by atoms with E-state index in [2.05, 4.69) is 5.32 Å². The van der Waals surface area contributed by atoms with Gasteiger partial charge in [-0.2, -0.15) is 0 Å². The van der Waals surface area contributed by atoms with Gasteiger partial charge >= 0.3 is 5.97 Å². The number of rotatable bonds is 5. The second-order valence-electron chi connectivity index (χ2n) is 3.42. The quantitative estimate of drug-likeness (QED) is 0.832. The van der Waals surface area contributed by atoms with Crippen molar-refractivity contribution in [2.24, 2.45) is 0 Å². The topological polar surface area (TPSA) is 66.4 Å². The van der Waals surface area contributed by atoms with E-state index in [1.165, 1.54) is 6.07 Å². The van der Waals surface area contributed by atoms with Gasteiger partial charge in [-0.1, -0.05) is 0 Å². The van der Waals surface area contributed by atoms with Gasteiger partial charge in [-0.3, -0.25) is 9.59 Å². The Morgan fingerprint density at radius 1 is 1.18 bits per heavy atom. The Morgan fingerprint density at radius 3 is 2.47 bits per heavy atom. The van der Waals surface area contributed by atoms with Gasteiger partial charge in [0.15, 0.2) is 11.6 Å². The third-order valence-corrected chi connectivity index (χ3v) is 2.00. The molecule has 6 heteroatoms. The molecule has 2 N–H and O–H groups in total. The number of benzene rings is 1. The molecule has 0 saturated heterocycles. The fraction of sp³-hybridized carbons (Fsp3) is 0.273. The molecule has 0 aliphatic rings. The number of carboxylic acid groups (broad SMARTS) is 1. The standard InChI is InChI=1S/C11H11F2NO3/c12-8-5-4-7(6-9(8)13)14-10(15)2-1-3-11(16)17/h4-6H,1-3H2,(H,14,15)(H,16,17). The third-order valence-electron chi connectivity index (χ3n) is 2.00. The third kappa shape index (κ3) is 4.58. The van der Waals surface area contributed by atoms with Crippen molar-refractivity contribution in [2.75, 3.05) is 5.32 Å². The minimum absolute atomic E-state index is 0.0191. The van der Waals surface area contributed by atoms with Crippen molar-refractivity contribution >= 4 is 17.6 Å². The molecular weight excluding hydrogens is 232 g/mol. The van der Waals surface area contributed by atoms with Gasteiger partial charge in [-0.15, -0.1) is 0 Å². The summed E-state index contributed by atoms with van der Waals surface area (Å²) in [6.45, 7) is 0. The van der Waals surface area contributed by atoms with Crippen molar-refractivity contribution in [1.29, 1.82) is 0 Å². The van der Waals surface area contributed by atoms with Crippen molar-refractivity contribution in [1.82, 2.24) is 0 Å². The minimum atomic E-state index is -1.05. The average Bonchev–Trinajstić information content (AvgIpc) is 2.23. The van der Waals surface area contributed by atoms with Crippen LogP contribution in [0.2, 0.25) is 0 Å². The van der Waals surface area contributed by atoms with Gasteiger partial charge in [0.05, 0.1) is 0 Å². The van der Waals surface area contributed by atoms with Crippen LogP contribution in [-0.4, -0.2) is 17.0 Å². The number of anilines is 1. The van der Waals surface area contributed by atoms with Crippen molar-refractivity contribution in [3.8, 4) is 0 Å². The molecule has 0 aliphatic carbocycles. The minimum Gasteiger partial charge on any atom is -0.481 e. The number of carboxylic acids is 1. The maximum Gasteiger partial charge on any atom is 0.303 e. The lowest BCUT2D eigenvalue weighted by Gasteiger charge is -2.04.